The number of aromatic nitrogens is 1. The highest BCUT2D eigenvalue weighted by atomic mass is 19.4. The summed E-state index contributed by atoms with van der Waals surface area (Å²) >= 11 is 0. The van der Waals surface area contributed by atoms with E-state index in [0.29, 0.717) is 0 Å². The number of nitrogen functional groups attached to an aromatic ring is 1. The van der Waals surface area contributed by atoms with E-state index in [1.807, 2.05) is 0 Å². The third kappa shape index (κ3) is 3.79. The number of carbonyl (C=O) groups excluding carboxylic acids is 1. The number of rotatable bonds is 4. The Morgan fingerprint density at radius 1 is 1.50 bits per heavy atom. The Morgan fingerprint density at radius 2 is 2.17 bits per heavy atom. The van der Waals surface area contributed by atoms with Crippen LogP contribution in [0.4, 0.5) is 24.5 Å². The van der Waals surface area contributed by atoms with Crippen molar-refractivity contribution in [2.75, 3.05) is 24.6 Å². The Labute approximate surface area is 102 Å². The second kappa shape index (κ2) is 5.56. The van der Waals surface area contributed by atoms with Gasteiger partial charge in [-0.1, -0.05) is 0 Å². The van der Waals surface area contributed by atoms with Crippen molar-refractivity contribution in [3.8, 4) is 0 Å². The molecule has 8 heteroatoms. The van der Waals surface area contributed by atoms with E-state index in [9.17, 15) is 18.0 Å². The first kappa shape index (κ1) is 14.1. The largest absolute Gasteiger partial charge is 0.433 e. The van der Waals surface area contributed by atoms with Crippen LogP contribution in [0.5, 0.6) is 0 Å². The molecule has 0 atom stereocenters. The number of hydrogen-bond acceptors (Lipinski definition) is 4. The van der Waals surface area contributed by atoms with Crippen LogP contribution in [0, 0.1) is 0 Å². The van der Waals surface area contributed by atoms with E-state index in [0.717, 1.165) is 12.3 Å². The van der Waals surface area contributed by atoms with Crippen LogP contribution in [-0.2, 0) is 11.0 Å². The zero-order valence-corrected chi connectivity index (χ0v) is 9.64. The van der Waals surface area contributed by atoms with E-state index >= 15 is 0 Å². The van der Waals surface area contributed by atoms with Crippen LogP contribution in [0.15, 0.2) is 12.3 Å². The minimum absolute atomic E-state index is 0.0971. The maximum Gasteiger partial charge on any atom is 0.433 e. The number of anilines is 2. The van der Waals surface area contributed by atoms with E-state index in [4.69, 9.17) is 5.73 Å². The molecule has 0 radical (unpaired) electrons. The lowest BCUT2D eigenvalue weighted by molar-refractivity contribution is -0.141. The molecule has 0 spiro atoms. The normalized spacial score (nSPS) is 11.1. The standard InChI is InChI=1S/C10H13F3N4O/c1-15-9(18)2-3-16-7-4-8(10(11,12)13)17-5-6(7)14/h4-5H,2-3,14H2,1H3,(H,15,18)(H,16,17). The number of nitrogens with one attached hydrogen (secondary N) is 2. The molecular formula is C10H13F3N4O. The van der Waals surface area contributed by atoms with E-state index in [2.05, 4.69) is 15.6 Å². The van der Waals surface area contributed by atoms with Crippen LogP contribution in [0.2, 0.25) is 0 Å². The molecule has 1 heterocycles. The number of amides is 1. The first-order valence-electron chi connectivity index (χ1n) is 5.11. The number of nitrogens with two attached hydrogens (primary N) is 1. The van der Waals surface area contributed by atoms with Gasteiger partial charge in [0.25, 0.3) is 0 Å². The van der Waals surface area contributed by atoms with Crippen molar-refractivity contribution >= 4 is 17.3 Å². The summed E-state index contributed by atoms with van der Waals surface area (Å²) in [4.78, 5) is 14.1. The first-order chi connectivity index (χ1) is 8.34. The summed E-state index contributed by atoms with van der Waals surface area (Å²) in [6.07, 6.45) is -3.45. The molecule has 0 unspecified atom stereocenters. The second-order valence-corrected chi connectivity index (χ2v) is 3.50. The minimum Gasteiger partial charge on any atom is -0.396 e. The monoisotopic (exact) mass is 262 g/mol. The van der Waals surface area contributed by atoms with Crippen molar-refractivity contribution in [3.63, 3.8) is 0 Å². The van der Waals surface area contributed by atoms with Gasteiger partial charge in [-0.15, -0.1) is 0 Å². The Hall–Kier alpha value is -1.99. The van der Waals surface area contributed by atoms with Gasteiger partial charge in [0.1, 0.15) is 5.69 Å². The maximum absolute atomic E-state index is 12.4. The lowest BCUT2D eigenvalue weighted by atomic mass is 10.2. The SMILES string of the molecule is CNC(=O)CCNc1cc(C(F)(F)F)ncc1N. The molecule has 0 aliphatic heterocycles. The highest BCUT2D eigenvalue weighted by molar-refractivity contribution is 5.76. The number of alkyl halides is 3. The molecule has 1 amide bonds. The van der Waals surface area contributed by atoms with Crippen LogP contribution < -0.4 is 16.4 Å². The van der Waals surface area contributed by atoms with Crippen LogP contribution in [0.25, 0.3) is 0 Å². The number of halogens is 3. The summed E-state index contributed by atoms with van der Waals surface area (Å²) in [5.74, 6) is -0.217. The third-order valence-corrected chi connectivity index (χ3v) is 2.17. The molecule has 18 heavy (non-hydrogen) atoms. The van der Waals surface area contributed by atoms with Crippen LogP contribution in [-0.4, -0.2) is 24.5 Å². The van der Waals surface area contributed by atoms with Crippen LogP contribution >= 0.6 is 0 Å². The number of pyridine rings is 1. The highest BCUT2D eigenvalue weighted by Gasteiger charge is 2.32. The van der Waals surface area contributed by atoms with Gasteiger partial charge in [-0.2, -0.15) is 13.2 Å². The molecule has 100 valence electrons. The van der Waals surface area contributed by atoms with E-state index < -0.39 is 11.9 Å². The molecular weight excluding hydrogens is 249 g/mol. The Kier molecular flexibility index (Phi) is 4.35. The zero-order chi connectivity index (χ0) is 13.8. The van der Waals surface area contributed by atoms with Crippen LogP contribution in [0.1, 0.15) is 12.1 Å². The average Bonchev–Trinajstić information content (AvgIpc) is 2.29. The molecule has 0 saturated heterocycles. The fraction of sp³-hybridized carbons (Fsp3) is 0.400. The Balaban J connectivity index is 2.73. The molecule has 0 aliphatic carbocycles. The number of hydrogen-bond donors (Lipinski definition) is 3. The molecule has 0 saturated carbocycles. The third-order valence-electron chi connectivity index (χ3n) is 2.17. The summed E-state index contributed by atoms with van der Waals surface area (Å²) in [6.45, 7) is 0.186. The van der Waals surface area contributed by atoms with Gasteiger partial charge in [0, 0.05) is 20.0 Å². The quantitative estimate of drug-likeness (QED) is 0.762. The van der Waals surface area contributed by atoms with Gasteiger partial charge < -0.3 is 16.4 Å². The summed E-state index contributed by atoms with van der Waals surface area (Å²) in [5, 5.41) is 5.06. The summed E-state index contributed by atoms with van der Waals surface area (Å²) in [7, 11) is 1.48. The molecule has 1 rings (SSSR count). The van der Waals surface area contributed by atoms with Gasteiger partial charge in [-0.05, 0) is 6.07 Å². The van der Waals surface area contributed by atoms with Crippen LogP contribution in [0.3, 0.4) is 0 Å². The molecule has 0 aromatic carbocycles. The van der Waals surface area contributed by atoms with Crippen molar-refractivity contribution < 1.29 is 18.0 Å². The molecule has 5 nitrogen and oxygen atoms in total. The molecule has 1 aromatic heterocycles. The van der Waals surface area contributed by atoms with Gasteiger partial charge in [0.05, 0.1) is 17.6 Å². The van der Waals surface area contributed by atoms with E-state index in [1.54, 1.807) is 0 Å². The molecule has 1 aromatic rings. The second-order valence-electron chi connectivity index (χ2n) is 3.50. The van der Waals surface area contributed by atoms with Gasteiger partial charge in [-0.25, -0.2) is 4.98 Å². The van der Waals surface area contributed by atoms with E-state index in [-0.39, 0.29) is 30.2 Å². The van der Waals surface area contributed by atoms with Gasteiger partial charge in [0.15, 0.2) is 0 Å². The topological polar surface area (TPSA) is 80.0 Å². The lowest BCUT2D eigenvalue weighted by Crippen LogP contribution is -2.21. The molecule has 4 N–H and O–H groups in total. The highest BCUT2D eigenvalue weighted by Crippen LogP contribution is 2.30. The lowest BCUT2D eigenvalue weighted by Gasteiger charge is -2.11. The summed E-state index contributed by atoms with van der Waals surface area (Å²) in [5.41, 5.74) is 4.67. The minimum atomic E-state index is -4.52. The van der Waals surface area contributed by atoms with Crippen molar-refractivity contribution in [3.05, 3.63) is 18.0 Å². The molecule has 0 fully saturated rings. The maximum atomic E-state index is 12.4. The van der Waals surface area contributed by atoms with E-state index in [1.165, 1.54) is 7.05 Å². The number of nitrogens with zero attached hydrogens (tertiary/aromatic N) is 1. The number of carbonyl (C=O) groups is 1. The predicted octanol–water partition coefficient (Wildman–Crippen LogP) is 1.23. The fourth-order valence-corrected chi connectivity index (χ4v) is 1.21. The summed E-state index contributed by atoms with van der Waals surface area (Å²) < 4.78 is 37.2. The van der Waals surface area contributed by atoms with Crippen molar-refractivity contribution in [2.24, 2.45) is 0 Å². The average molecular weight is 262 g/mol. The fourth-order valence-electron chi connectivity index (χ4n) is 1.21. The van der Waals surface area contributed by atoms with Gasteiger partial charge in [0.2, 0.25) is 5.91 Å². The van der Waals surface area contributed by atoms with Crippen molar-refractivity contribution in [1.29, 1.82) is 0 Å². The Bertz CT molecular complexity index is 434. The predicted molar refractivity (Wildman–Crippen MR) is 60.8 cm³/mol. The zero-order valence-electron chi connectivity index (χ0n) is 9.64. The molecule has 0 bridgehead atoms. The first-order valence-corrected chi connectivity index (χ1v) is 5.11. The van der Waals surface area contributed by atoms with Crippen molar-refractivity contribution in [2.45, 2.75) is 12.6 Å². The van der Waals surface area contributed by atoms with Gasteiger partial charge >= 0.3 is 6.18 Å². The van der Waals surface area contributed by atoms with Gasteiger partial charge in [-0.3, -0.25) is 4.79 Å². The smallest absolute Gasteiger partial charge is 0.396 e. The Morgan fingerprint density at radius 3 is 2.72 bits per heavy atom. The van der Waals surface area contributed by atoms with Crippen molar-refractivity contribution in [1.82, 2.24) is 10.3 Å². The molecule has 0 aliphatic rings. The summed E-state index contributed by atoms with van der Waals surface area (Å²) in [6, 6.07) is 0.819.